The van der Waals surface area contributed by atoms with Crippen LogP contribution in [0, 0.1) is 0 Å². The standard InChI is InChI=1S/C21H20O5.C20H18O5/c1-2-3-11-25-20(23)15-8-6-7-14(12-15)13-17-19(22)16-9-4-5-10-18(16)26-21(17)24;1-2-10-24-19(22)14-7-5-6-13(11-14)12-16-18(21)15-8-3-4-9-17(15)25-20(16)23/h4-10,12,22H,2-3,11,13H2,1H3;3-9,11,21H,2,10,12H2,1H3. The molecule has 262 valence electrons. The third kappa shape index (κ3) is 8.90. The van der Waals surface area contributed by atoms with Crippen molar-refractivity contribution in [3.8, 4) is 11.5 Å². The number of unbranched alkanes of at least 4 members (excludes halogenated alkanes) is 1. The van der Waals surface area contributed by atoms with E-state index in [9.17, 15) is 29.4 Å². The van der Waals surface area contributed by atoms with E-state index in [0.717, 1.165) is 19.3 Å². The van der Waals surface area contributed by atoms with Crippen molar-refractivity contribution in [1.82, 2.24) is 0 Å². The van der Waals surface area contributed by atoms with Gasteiger partial charge in [0.15, 0.2) is 0 Å². The summed E-state index contributed by atoms with van der Waals surface area (Å²) in [4.78, 5) is 48.5. The maximum absolute atomic E-state index is 12.2. The zero-order valence-electron chi connectivity index (χ0n) is 28.3. The molecule has 4 aromatic carbocycles. The minimum absolute atomic E-state index is 0.0900. The van der Waals surface area contributed by atoms with Gasteiger partial charge < -0.3 is 28.5 Å². The lowest BCUT2D eigenvalue weighted by Crippen LogP contribution is -2.10. The molecule has 2 aromatic heterocycles. The molecule has 0 aliphatic heterocycles. The summed E-state index contributed by atoms with van der Waals surface area (Å²) in [6.07, 6.45) is 2.84. The number of ether oxygens (including phenoxy) is 2. The molecule has 2 N–H and O–H groups in total. The third-order valence-electron chi connectivity index (χ3n) is 8.01. The number of para-hydroxylation sites is 2. The lowest BCUT2D eigenvalue weighted by molar-refractivity contribution is 0.0492. The van der Waals surface area contributed by atoms with E-state index in [2.05, 4.69) is 0 Å². The van der Waals surface area contributed by atoms with Gasteiger partial charge in [-0.25, -0.2) is 19.2 Å². The summed E-state index contributed by atoms with van der Waals surface area (Å²) in [5.74, 6) is -0.980. The Kier molecular flexibility index (Phi) is 12.0. The van der Waals surface area contributed by atoms with Crippen LogP contribution in [0.1, 0.15) is 76.1 Å². The van der Waals surface area contributed by atoms with Crippen LogP contribution in [0.5, 0.6) is 11.5 Å². The van der Waals surface area contributed by atoms with Crippen molar-refractivity contribution in [2.75, 3.05) is 13.2 Å². The molecule has 2 heterocycles. The van der Waals surface area contributed by atoms with Gasteiger partial charge in [-0.15, -0.1) is 0 Å². The topological polar surface area (TPSA) is 153 Å². The number of aromatic hydroxyl groups is 2. The Morgan fingerprint density at radius 2 is 1.04 bits per heavy atom. The molecule has 0 radical (unpaired) electrons. The van der Waals surface area contributed by atoms with Crippen LogP contribution >= 0.6 is 0 Å². The van der Waals surface area contributed by atoms with E-state index < -0.39 is 23.2 Å². The van der Waals surface area contributed by atoms with Gasteiger partial charge in [0.2, 0.25) is 0 Å². The van der Waals surface area contributed by atoms with E-state index in [0.29, 0.717) is 57.4 Å². The highest BCUT2D eigenvalue weighted by Gasteiger charge is 2.17. The van der Waals surface area contributed by atoms with E-state index in [4.69, 9.17) is 18.3 Å². The van der Waals surface area contributed by atoms with E-state index in [1.54, 1.807) is 97.1 Å². The van der Waals surface area contributed by atoms with Crippen LogP contribution in [0.2, 0.25) is 0 Å². The summed E-state index contributed by atoms with van der Waals surface area (Å²) in [6.45, 7) is 4.69. The fraction of sp³-hybridized carbons (Fsp3) is 0.220. The smallest absolute Gasteiger partial charge is 0.343 e. The number of rotatable bonds is 11. The molecular formula is C41H38O10. The molecule has 0 saturated carbocycles. The second kappa shape index (κ2) is 17.0. The molecule has 0 atom stereocenters. The van der Waals surface area contributed by atoms with Crippen LogP contribution in [-0.2, 0) is 22.3 Å². The molecule has 6 rings (SSSR count). The summed E-state index contributed by atoms with van der Waals surface area (Å²) < 4.78 is 20.9. The van der Waals surface area contributed by atoms with Crippen LogP contribution in [0.4, 0.5) is 0 Å². The largest absolute Gasteiger partial charge is 0.507 e. The maximum atomic E-state index is 12.2. The number of benzene rings is 4. The third-order valence-corrected chi connectivity index (χ3v) is 8.01. The quantitative estimate of drug-likeness (QED) is 0.0785. The van der Waals surface area contributed by atoms with Gasteiger partial charge in [-0.05, 0) is 72.5 Å². The van der Waals surface area contributed by atoms with E-state index in [-0.39, 0.29) is 35.5 Å². The zero-order valence-corrected chi connectivity index (χ0v) is 28.3. The monoisotopic (exact) mass is 690 g/mol. The Hall–Kier alpha value is -6.16. The molecule has 10 heteroatoms. The molecule has 0 bridgehead atoms. The molecule has 0 unspecified atom stereocenters. The molecule has 0 amide bonds. The van der Waals surface area contributed by atoms with E-state index in [1.165, 1.54) is 0 Å². The molecule has 0 saturated heterocycles. The number of hydrogen-bond acceptors (Lipinski definition) is 10. The molecule has 0 aliphatic carbocycles. The van der Waals surface area contributed by atoms with Crippen LogP contribution < -0.4 is 11.3 Å². The summed E-state index contributed by atoms with van der Waals surface area (Å²) in [7, 11) is 0. The molecule has 10 nitrogen and oxygen atoms in total. The lowest BCUT2D eigenvalue weighted by Gasteiger charge is -2.08. The average Bonchev–Trinajstić information content (AvgIpc) is 3.14. The first-order valence-corrected chi connectivity index (χ1v) is 16.7. The van der Waals surface area contributed by atoms with Crippen LogP contribution in [-0.4, -0.2) is 35.4 Å². The lowest BCUT2D eigenvalue weighted by atomic mass is 10.0. The Morgan fingerprint density at radius 3 is 1.49 bits per heavy atom. The van der Waals surface area contributed by atoms with Crippen molar-refractivity contribution in [2.24, 2.45) is 0 Å². The Labute approximate surface area is 293 Å². The Bertz CT molecular complexity index is 2280. The van der Waals surface area contributed by atoms with Gasteiger partial charge in [0.05, 0.1) is 46.2 Å². The minimum Gasteiger partial charge on any atom is -0.507 e. The summed E-state index contributed by atoms with van der Waals surface area (Å²) in [5, 5.41) is 21.9. The van der Waals surface area contributed by atoms with Gasteiger partial charge in [-0.2, -0.15) is 0 Å². The van der Waals surface area contributed by atoms with Crippen molar-refractivity contribution in [1.29, 1.82) is 0 Å². The van der Waals surface area contributed by atoms with Crippen molar-refractivity contribution in [3.63, 3.8) is 0 Å². The fourth-order valence-corrected chi connectivity index (χ4v) is 5.35. The number of esters is 2. The zero-order chi connectivity index (χ0) is 36.3. The second-order valence-electron chi connectivity index (χ2n) is 11.8. The number of fused-ring (bicyclic) bond motifs is 2. The first-order chi connectivity index (χ1) is 24.7. The normalized spacial score (nSPS) is 10.8. The van der Waals surface area contributed by atoms with Crippen molar-refractivity contribution in [3.05, 3.63) is 151 Å². The molecule has 0 fully saturated rings. The maximum Gasteiger partial charge on any atom is 0.343 e. The summed E-state index contributed by atoms with van der Waals surface area (Å²) in [5.41, 5.74) is 2.10. The van der Waals surface area contributed by atoms with Gasteiger partial charge in [-0.1, -0.05) is 68.8 Å². The highest BCUT2D eigenvalue weighted by atomic mass is 16.5. The number of carbonyl (C=O) groups is 2. The fourth-order valence-electron chi connectivity index (χ4n) is 5.35. The number of carbonyl (C=O) groups excluding carboxylic acids is 2. The SMILES string of the molecule is CCCCOC(=O)c1cccc(Cc2c(O)c3ccccc3oc2=O)c1.CCCOC(=O)c1cccc(Cc2c(O)c3ccccc3oc2=O)c1. The van der Waals surface area contributed by atoms with Crippen LogP contribution in [0.3, 0.4) is 0 Å². The first-order valence-electron chi connectivity index (χ1n) is 16.7. The minimum atomic E-state index is -0.588. The first kappa shape index (κ1) is 36.1. The van der Waals surface area contributed by atoms with E-state index >= 15 is 0 Å². The molecular weight excluding hydrogens is 652 g/mol. The van der Waals surface area contributed by atoms with Crippen molar-refractivity contribution < 1.29 is 38.1 Å². The van der Waals surface area contributed by atoms with Gasteiger partial charge in [-0.3, -0.25) is 0 Å². The Balaban J connectivity index is 0.000000198. The summed E-state index contributed by atoms with van der Waals surface area (Å²) in [6, 6.07) is 27.3. The average molecular weight is 691 g/mol. The van der Waals surface area contributed by atoms with Gasteiger partial charge in [0.25, 0.3) is 0 Å². The number of hydrogen-bond donors (Lipinski definition) is 2. The van der Waals surface area contributed by atoms with Gasteiger partial charge in [0, 0.05) is 12.8 Å². The van der Waals surface area contributed by atoms with Crippen molar-refractivity contribution >= 4 is 33.9 Å². The second-order valence-corrected chi connectivity index (χ2v) is 11.8. The molecule has 6 aromatic rings. The van der Waals surface area contributed by atoms with Crippen molar-refractivity contribution in [2.45, 2.75) is 46.0 Å². The highest BCUT2D eigenvalue weighted by Crippen LogP contribution is 2.29. The Morgan fingerprint density at radius 1 is 0.588 bits per heavy atom. The van der Waals surface area contributed by atoms with Gasteiger partial charge >= 0.3 is 23.2 Å². The molecule has 0 spiro atoms. The van der Waals surface area contributed by atoms with Crippen LogP contribution in [0.25, 0.3) is 21.9 Å². The predicted molar refractivity (Wildman–Crippen MR) is 193 cm³/mol. The highest BCUT2D eigenvalue weighted by molar-refractivity contribution is 5.90. The molecule has 51 heavy (non-hydrogen) atoms. The van der Waals surface area contributed by atoms with E-state index in [1.807, 2.05) is 13.8 Å². The molecule has 0 aliphatic rings. The van der Waals surface area contributed by atoms with Crippen LogP contribution in [0.15, 0.2) is 115 Å². The summed E-state index contributed by atoms with van der Waals surface area (Å²) >= 11 is 0. The van der Waals surface area contributed by atoms with Gasteiger partial charge in [0.1, 0.15) is 22.7 Å². The predicted octanol–water partition coefficient (Wildman–Crippen LogP) is 7.70.